The van der Waals surface area contributed by atoms with Gasteiger partial charge in [0, 0.05) is 37.3 Å². The van der Waals surface area contributed by atoms with Crippen molar-refractivity contribution in [1.82, 2.24) is 4.90 Å². The molecule has 1 heterocycles. The molecule has 2 atom stereocenters. The molecule has 112 valence electrons. The number of hydrogen-bond donors (Lipinski definition) is 1. The highest BCUT2D eigenvalue weighted by Gasteiger charge is 2.57. The summed E-state index contributed by atoms with van der Waals surface area (Å²) in [4.78, 5) is 23.7. The molecule has 0 aliphatic carbocycles. The second kappa shape index (κ2) is 5.65. The van der Waals surface area contributed by atoms with Crippen molar-refractivity contribution in [2.45, 2.75) is 45.6 Å². The molecule has 1 amide bonds. The summed E-state index contributed by atoms with van der Waals surface area (Å²) in [5, 5.41) is 29.5. The highest BCUT2D eigenvalue weighted by atomic mass is 16.6. The first-order valence-corrected chi connectivity index (χ1v) is 6.64. The number of amides is 1. The number of piperidine rings is 1. The molecular formula is C13H21N3O4. The first kappa shape index (κ1) is 16.2. The van der Waals surface area contributed by atoms with Crippen LogP contribution in [0.5, 0.6) is 0 Å². The van der Waals surface area contributed by atoms with Crippen LogP contribution in [0.25, 0.3) is 0 Å². The molecule has 0 bridgehead atoms. The fourth-order valence-corrected chi connectivity index (χ4v) is 3.12. The zero-order valence-corrected chi connectivity index (χ0v) is 12.1. The summed E-state index contributed by atoms with van der Waals surface area (Å²) in [6.45, 7) is 5.94. The Kier molecular flexibility index (Phi) is 4.58. The average molecular weight is 283 g/mol. The van der Waals surface area contributed by atoms with E-state index >= 15 is 0 Å². The van der Waals surface area contributed by atoms with Crippen molar-refractivity contribution < 1.29 is 14.8 Å². The summed E-state index contributed by atoms with van der Waals surface area (Å²) in [7, 11) is 0. The number of likely N-dealkylation sites (tertiary alicyclic amines) is 1. The molecule has 0 aromatic heterocycles. The lowest BCUT2D eigenvalue weighted by Gasteiger charge is -2.46. The maximum Gasteiger partial charge on any atom is 0.407 e. The van der Waals surface area contributed by atoms with Gasteiger partial charge in [0.25, 0.3) is 0 Å². The molecular weight excluding hydrogens is 262 g/mol. The molecule has 0 spiro atoms. The average Bonchev–Trinajstić information content (AvgIpc) is 2.34. The Balaban J connectivity index is 3.16. The zero-order valence-electron chi connectivity index (χ0n) is 12.1. The molecule has 7 nitrogen and oxygen atoms in total. The van der Waals surface area contributed by atoms with E-state index in [4.69, 9.17) is 10.4 Å². The van der Waals surface area contributed by atoms with Crippen LogP contribution in [0.4, 0.5) is 4.79 Å². The number of carboxylic acid groups (broad SMARTS) is 1. The molecule has 7 heteroatoms. The summed E-state index contributed by atoms with van der Waals surface area (Å²) in [6.07, 6.45) is -0.598. The van der Waals surface area contributed by atoms with E-state index in [1.807, 2.05) is 26.8 Å². The lowest BCUT2D eigenvalue weighted by atomic mass is 9.64. The van der Waals surface area contributed by atoms with E-state index in [0.29, 0.717) is 0 Å². The van der Waals surface area contributed by atoms with Crippen LogP contribution in [0.3, 0.4) is 0 Å². The lowest BCUT2D eigenvalue weighted by Crippen LogP contribution is -2.60. The van der Waals surface area contributed by atoms with Gasteiger partial charge in [-0.3, -0.25) is 10.1 Å². The van der Waals surface area contributed by atoms with Crippen molar-refractivity contribution >= 4 is 6.09 Å². The highest BCUT2D eigenvalue weighted by Crippen LogP contribution is 2.44. The Morgan fingerprint density at radius 1 is 1.60 bits per heavy atom. The van der Waals surface area contributed by atoms with Crippen LogP contribution < -0.4 is 0 Å². The lowest BCUT2D eigenvalue weighted by molar-refractivity contribution is -0.590. The SMILES string of the molecule is CC(C)(C)C1CN(C(=O)O)CCC1(CCC#N)[N+](=O)[O-]. The second-order valence-electron chi connectivity index (χ2n) is 6.42. The third-order valence-corrected chi connectivity index (χ3v) is 4.22. The molecule has 0 aromatic rings. The van der Waals surface area contributed by atoms with E-state index in [9.17, 15) is 14.9 Å². The third kappa shape index (κ3) is 3.00. The molecule has 0 aromatic carbocycles. The molecule has 1 saturated heterocycles. The third-order valence-electron chi connectivity index (χ3n) is 4.22. The van der Waals surface area contributed by atoms with Gasteiger partial charge in [-0.15, -0.1) is 0 Å². The summed E-state index contributed by atoms with van der Waals surface area (Å²) < 4.78 is 0. The first-order chi connectivity index (χ1) is 9.15. The Labute approximate surface area is 118 Å². The molecule has 1 fully saturated rings. The minimum Gasteiger partial charge on any atom is -0.465 e. The monoisotopic (exact) mass is 283 g/mol. The molecule has 0 saturated carbocycles. The van der Waals surface area contributed by atoms with E-state index in [2.05, 4.69) is 0 Å². The smallest absolute Gasteiger partial charge is 0.407 e. The van der Waals surface area contributed by atoms with Gasteiger partial charge >= 0.3 is 6.09 Å². The fourth-order valence-electron chi connectivity index (χ4n) is 3.12. The van der Waals surface area contributed by atoms with Crippen molar-refractivity contribution in [2.24, 2.45) is 11.3 Å². The first-order valence-electron chi connectivity index (χ1n) is 6.64. The van der Waals surface area contributed by atoms with E-state index in [1.54, 1.807) is 0 Å². The van der Waals surface area contributed by atoms with Gasteiger partial charge in [0.15, 0.2) is 0 Å². The molecule has 0 radical (unpaired) electrons. The van der Waals surface area contributed by atoms with Gasteiger partial charge in [-0.05, 0) is 5.41 Å². The Morgan fingerprint density at radius 2 is 2.20 bits per heavy atom. The molecule has 1 rings (SSSR count). The van der Waals surface area contributed by atoms with E-state index in [1.165, 1.54) is 4.90 Å². The summed E-state index contributed by atoms with van der Waals surface area (Å²) in [5.74, 6) is -0.414. The van der Waals surface area contributed by atoms with Crippen molar-refractivity contribution in [2.75, 3.05) is 13.1 Å². The van der Waals surface area contributed by atoms with Crippen LogP contribution >= 0.6 is 0 Å². The van der Waals surface area contributed by atoms with E-state index in [-0.39, 0.29) is 37.3 Å². The van der Waals surface area contributed by atoms with Crippen molar-refractivity contribution in [3.8, 4) is 6.07 Å². The predicted octanol–water partition coefficient (Wildman–Crippen LogP) is 2.35. The summed E-state index contributed by atoms with van der Waals surface area (Å²) in [5.41, 5.74) is -1.61. The number of nitriles is 1. The minimum atomic E-state index is -1.21. The van der Waals surface area contributed by atoms with Crippen LogP contribution in [-0.2, 0) is 0 Å². The quantitative estimate of drug-likeness (QED) is 0.631. The van der Waals surface area contributed by atoms with Crippen LogP contribution in [-0.4, -0.2) is 39.7 Å². The van der Waals surface area contributed by atoms with Gasteiger partial charge in [-0.25, -0.2) is 4.79 Å². The van der Waals surface area contributed by atoms with Crippen molar-refractivity contribution in [3.05, 3.63) is 10.1 Å². The van der Waals surface area contributed by atoms with E-state index < -0.39 is 23.0 Å². The normalized spacial score (nSPS) is 26.9. The number of hydrogen-bond acceptors (Lipinski definition) is 4. The number of rotatable bonds is 3. The van der Waals surface area contributed by atoms with E-state index in [0.717, 1.165) is 0 Å². The molecule has 1 N–H and O–H groups in total. The molecule has 20 heavy (non-hydrogen) atoms. The Hall–Kier alpha value is -1.84. The van der Waals surface area contributed by atoms with Gasteiger partial charge in [-0.2, -0.15) is 5.26 Å². The van der Waals surface area contributed by atoms with Gasteiger partial charge in [0.05, 0.1) is 12.0 Å². The van der Waals surface area contributed by atoms with Crippen LogP contribution in [0.2, 0.25) is 0 Å². The number of nitro groups is 1. The minimum absolute atomic E-state index is 0.112. The largest absolute Gasteiger partial charge is 0.465 e. The molecule has 1 aliphatic heterocycles. The maximum atomic E-state index is 11.6. The zero-order chi connectivity index (χ0) is 15.6. The predicted molar refractivity (Wildman–Crippen MR) is 71.7 cm³/mol. The van der Waals surface area contributed by atoms with Gasteiger partial charge < -0.3 is 10.0 Å². The van der Waals surface area contributed by atoms with Crippen molar-refractivity contribution in [1.29, 1.82) is 5.26 Å². The fraction of sp³-hybridized carbons (Fsp3) is 0.846. The summed E-state index contributed by atoms with van der Waals surface area (Å²) >= 11 is 0. The van der Waals surface area contributed by atoms with Crippen LogP contribution in [0, 0.1) is 32.8 Å². The van der Waals surface area contributed by atoms with Gasteiger partial charge in [0.1, 0.15) is 0 Å². The van der Waals surface area contributed by atoms with Gasteiger partial charge in [0.2, 0.25) is 5.54 Å². The molecule has 2 unspecified atom stereocenters. The van der Waals surface area contributed by atoms with Crippen LogP contribution in [0.15, 0.2) is 0 Å². The maximum absolute atomic E-state index is 11.6. The van der Waals surface area contributed by atoms with Crippen LogP contribution in [0.1, 0.15) is 40.0 Å². The topological polar surface area (TPSA) is 107 Å². The van der Waals surface area contributed by atoms with Crippen molar-refractivity contribution in [3.63, 3.8) is 0 Å². The van der Waals surface area contributed by atoms with Gasteiger partial charge in [-0.1, -0.05) is 20.8 Å². The number of carbonyl (C=O) groups is 1. The second-order valence-corrected chi connectivity index (χ2v) is 6.42. The number of nitrogens with zero attached hydrogens (tertiary/aromatic N) is 3. The molecule has 1 aliphatic rings. The summed E-state index contributed by atoms with van der Waals surface area (Å²) in [6, 6.07) is 1.97. The Bertz CT molecular complexity index is 438. The standard InChI is InChI=1S/C13H21N3O4/c1-12(2,3)10-9-15(11(17)18)8-6-13(10,16(19)20)5-4-7-14/h10H,4-6,8-9H2,1-3H3,(H,17,18). The Morgan fingerprint density at radius 3 is 2.60 bits per heavy atom. The highest BCUT2D eigenvalue weighted by molar-refractivity contribution is 5.65.